The zero-order valence-electron chi connectivity index (χ0n) is 17.0. The van der Waals surface area contributed by atoms with Crippen LogP contribution in [0.5, 0.6) is 5.88 Å². The van der Waals surface area contributed by atoms with Crippen molar-refractivity contribution in [1.29, 1.82) is 0 Å². The first-order valence-corrected chi connectivity index (χ1v) is 10.3. The Morgan fingerprint density at radius 3 is 2.59 bits per heavy atom. The summed E-state index contributed by atoms with van der Waals surface area (Å²) in [6, 6.07) is 3.56. The number of thiazole rings is 1. The molecule has 3 aromatic heterocycles. The van der Waals surface area contributed by atoms with Crippen LogP contribution in [-0.4, -0.2) is 67.4 Å². The fourth-order valence-electron chi connectivity index (χ4n) is 3.44. The number of aryl methyl sites for hydroxylation is 1. The predicted molar refractivity (Wildman–Crippen MR) is 107 cm³/mol. The molecule has 0 radical (unpaired) electrons. The van der Waals surface area contributed by atoms with E-state index in [1.54, 1.807) is 4.90 Å². The Labute approximate surface area is 172 Å². The Kier molecular flexibility index (Phi) is 4.99. The molecule has 1 atom stereocenters. The van der Waals surface area contributed by atoms with Crippen LogP contribution in [0.1, 0.15) is 43.2 Å². The number of aromatic nitrogens is 3. The summed E-state index contributed by atoms with van der Waals surface area (Å²) in [7, 11) is 0. The predicted octanol–water partition coefficient (Wildman–Crippen LogP) is 3.04. The third kappa shape index (κ3) is 3.95. The van der Waals surface area contributed by atoms with E-state index in [0.29, 0.717) is 31.1 Å². The molecule has 29 heavy (non-hydrogen) atoms. The highest BCUT2D eigenvalue weighted by Gasteiger charge is 2.35. The summed E-state index contributed by atoms with van der Waals surface area (Å²) in [5.74, 6) is 1.61. The fourth-order valence-corrected chi connectivity index (χ4v) is 4.51. The van der Waals surface area contributed by atoms with Gasteiger partial charge in [-0.25, -0.2) is 9.78 Å². The molecule has 156 valence electrons. The van der Waals surface area contributed by atoms with Gasteiger partial charge in [-0.1, -0.05) is 11.3 Å². The van der Waals surface area contributed by atoms with Crippen LogP contribution in [-0.2, 0) is 4.74 Å². The maximum absolute atomic E-state index is 12.4. The van der Waals surface area contributed by atoms with Crippen molar-refractivity contribution >= 4 is 22.4 Å². The second-order valence-electron chi connectivity index (χ2n) is 8.10. The minimum atomic E-state index is -0.521. The van der Waals surface area contributed by atoms with Crippen LogP contribution in [0.15, 0.2) is 22.9 Å². The van der Waals surface area contributed by atoms with Crippen LogP contribution in [0, 0.1) is 6.92 Å². The van der Waals surface area contributed by atoms with Gasteiger partial charge in [0.15, 0.2) is 0 Å². The van der Waals surface area contributed by atoms with Crippen LogP contribution in [0.2, 0.25) is 0 Å². The van der Waals surface area contributed by atoms with Gasteiger partial charge in [-0.05, 0) is 39.8 Å². The minimum absolute atomic E-state index is 0.0659. The van der Waals surface area contributed by atoms with Gasteiger partial charge in [0, 0.05) is 26.2 Å². The van der Waals surface area contributed by atoms with Gasteiger partial charge in [-0.3, -0.25) is 4.90 Å². The third-order valence-electron chi connectivity index (χ3n) is 4.75. The molecule has 1 aliphatic heterocycles. The number of aromatic hydroxyl groups is 1. The van der Waals surface area contributed by atoms with Crippen molar-refractivity contribution in [3.8, 4) is 5.88 Å². The smallest absolute Gasteiger partial charge is 0.410 e. The molecule has 1 amide bonds. The largest absolute Gasteiger partial charge is 0.492 e. The summed E-state index contributed by atoms with van der Waals surface area (Å²) >= 11 is 1.38. The average Bonchev–Trinajstić information content (AvgIpc) is 3.34. The van der Waals surface area contributed by atoms with Crippen molar-refractivity contribution in [2.24, 2.45) is 0 Å². The molecule has 0 aromatic carbocycles. The normalized spacial score (nSPS) is 17.0. The summed E-state index contributed by atoms with van der Waals surface area (Å²) in [6.45, 7) is 9.79. The number of carbonyl (C=O) groups is 1. The second-order valence-corrected chi connectivity index (χ2v) is 9.11. The number of fused-ring (bicyclic) bond motifs is 1. The van der Waals surface area contributed by atoms with E-state index < -0.39 is 5.60 Å². The molecule has 4 rings (SSSR count). The average molecular weight is 420 g/mol. The molecule has 10 heteroatoms. The highest BCUT2D eigenvalue weighted by atomic mass is 32.1. The van der Waals surface area contributed by atoms with Crippen molar-refractivity contribution in [2.75, 3.05) is 26.2 Å². The van der Waals surface area contributed by atoms with Crippen molar-refractivity contribution in [2.45, 2.75) is 39.3 Å². The van der Waals surface area contributed by atoms with Gasteiger partial charge in [-0.2, -0.15) is 9.61 Å². The Morgan fingerprint density at radius 2 is 2.00 bits per heavy atom. The first-order chi connectivity index (χ1) is 13.7. The number of nitrogens with zero attached hydrogens (tertiary/aromatic N) is 5. The quantitative estimate of drug-likeness (QED) is 0.697. The number of furan rings is 1. The van der Waals surface area contributed by atoms with Gasteiger partial charge in [0.25, 0.3) is 0 Å². The molecule has 3 aromatic rings. The number of hydrogen-bond acceptors (Lipinski definition) is 8. The van der Waals surface area contributed by atoms with Crippen LogP contribution in [0.3, 0.4) is 0 Å². The van der Waals surface area contributed by atoms with E-state index in [1.165, 1.54) is 22.2 Å². The Balaban J connectivity index is 1.58. The van der Waals surface area contributed by atoms with E-state index in [2.05, 4.69) is 15.0 Å². The SMILES string of the molecule is Cc1ccc([C@@H](c2sc3ncnn3c2O)N2CCN(C(=O)OC(C)(C)C)CC2)o1. The summed E-state index contributed by atoms with van der Waals surface area (Å²) in [5, 5.41) is 14.8. The standard InChI is InChI=1S/C19H25N5O4S/c1-12-5-6-13(27-12)14(15-16(25)24-17(29-15)20-11-21-24)22-7-9-23(10-8-22)18(26)28-19(2,3)4/h5-6,11,14,25H,7-10H2,1-4H3/t14-/m0/s1. The summed E-state index contributed by atoms with van der Waals surface area (Å²) in [6.07, 6.45) is 1.12. The molecule has 1 fully saturated rings. The van der Waals surface area contributed by atoms with Crippen LogP contribution < -0.4 is 0 Å². The van der Waals surface area contributed by atoms with Crippen molar-refractivity contribution in [1.82, 2.24) is 24.4 Å². The maximum Gasteiger partial charge on any atom is 0.410 e. The summed E-state index contributed by atoms with van der Waals surface area (Å²) in [5.41, 5.74) is -0.521. The van der Waals surface area contributed by atoms with Gasteiger partial charge >= 0.3 is 6.09 Å². The maximum atomic E-state index is 12.4. The summed E-state index contributed by atoms with van der Waals surface area (Å²) in [4.78, 5) is 21.8. The molecule has 0 unspecified atom stereocenters. The van der Waals surface area contributed by atoms with Crippen LogP contribution in [0.4, 0.5) is 4.79 Å². The number of carbonyl (C=O) groups excluding carboxylic acids is 1. The van der Waals surface area contributed by atoms with Crippen LogP contribution in [0.25, 0.3) is 4.96 Å². The number of piperazine rings is 1. The number of hydrogen-bond donors (Lipinski definition) is 1. The van der Waals surface area contributed by atoms with Gasteiger partial charge in [0.2, 0.25) is 10.8 Å². The molecule has 0 bridgehead atoms. The first kappa shape index (κ1) is 19.7. The van der Waals surface area contributed by atoms with Gasteiger partial charge in [0.05, 0.1) is 4.88 Å². The lowest BCUT2D eigenvalue weighted by Gasteiger charge is -2.38. The molecule has 1 aliphatic rings. The van der Waals surface area contributed by atoms with E-state index >= 15 is 0 Å². The third-order valence-corrected chi connectivity index (χ3v) is 5.84. The van der Waals surface area contributed by atoms with E-state index in [4.69, 9.17) is 9.15 Å². The number of ether oxygens (including phenoxy) is 1. The monoisotopic (exact) mass is 419 g/mol. The minimum Gasteiger partial charge on any atom is -0.492 e. The lowest BCUT2D eigenvalue weighted by Crippen LogP contribution is -2.50. The highest BCUT2D eigenvalue weighted by Crippen LogP contribution is 2.40. The lowest BCUT2D eigenvalue weighted by atomic mass is 10.1. The molecule has 4 heterocycles. The van der Waals surface area contributed by atoms with Crippen molar-refractivity contribution in [3.05, 3.63) is 34.9 Å². The van der Waals surface area contributed by atoms with E-state index in [-0.39, 0.29) is 18.0 Å². The second kappa shape index (κ2) is 7.34. The number of rotatable bonds is 3. The molecule has 0 aliphatic carbocycles. The van der Waals surface area contributed by atoms with E-state index in [9.17, 15) is 9.90 Å². The van der Waals surface area contributed by atoms with E-state index in [0.717, 1.165) is 16.4 Å². The van der Waals surface area contributed by atoms with E-state index in [1.807, 2.05) is 39.8 Å². The van der Waals surface area contributed by atoms with Crippen molar-refractivity contribution in [3.63, 3.8) is 0 Å². The molecule has 1 saturated heterocycles. The summed E-state index contributed by atoms with van der Waals surface area (Å²) < 4.78 is 12.8. The zero-order valence-corrected chi connectivity index (χ0v) is 17.8. The Hall–Kier alpha value is -2.59. The zero-order chi connectivity index (χ0) is 20.8. The molecule has 9 nitrogen and oxygen atoms in total. The number of amides is 1. The molecule has 0 spiro atoms. The molecule has 1 N–H and O–H groups in total. The van der Waals surface area contributed by atoms with Gasteiger partial charge < -0.3 is 19.2 Å². The molecular weight excluding hydrogens is 394 g/mol. The van der Waals surface area contributed by atoms with Gasteiger partial charge in [-0.15, -0.1) is 0 Å². The molecule has 0 saturated carbocycles. The van der Waals surface area contributed by atoms with Crippen LogP contribution >= 0.6 is 11.3 Å². The Bertz CT molecular complexity index is 1010. The molecular formula is C19H25N5O4S. The lowest BCUT2D eigenvalue weighted by molar-refractivity contribution is 0.0112. The van der Waals surface area contributed by atoms with Crippen molar-refractivity contribution < 1.29 is 19.1 Å². The Morgan fingerprint density at radius 1 is 1.28 bits per heavy atom. The topological polar surface area (TPSA) is 96.3 Å². The first-order valence-electron chi connectivity index (χ1n) is 9.52. The fraction of sp³-hybridized carbons (Fsp3) is 0.526. The highest BCUT2D eigenvalue weighted by molar-refractivity contribution is 7.17. The van der Waals surface area contributed by atoms with Gasteiger partial charge in [0.1, 0.15) is 29.5 Å².